The lowest BCUT2D eigenvalue weighted by atomic mass is 9.97. The molecule has 4 amide bonds. The fraction of sp³-hybridized carbons (Fsp3) is 0.208. The molecule has 0 saturated carbocycles. The predicted octanol–water partition coefficient (Wildman–Crippen LogP) is 3.24. The summed E-state index contributed by atoms with van der Waals surface area (Å²) in [5.74, 6) is -1.66. The van der Waals surface area contributed by atoms with Gasteiger partial charge in [-0.1, -0.05) is 29.3 Å². The van der Waals surface area contributed by atoms with E-state index in [0.29, 0.717) is 27.5 Å². The summed E-state index contributed by atoms with van der Waals surface area (Å²) in [5.41, 5.74) is 5.77. The molecule has 1 aliphatic heterocycles. The summed E-state index contributed by atoms with van der Waals surface area (Å²) < 4.78 is 0. The smallest absolute Gasteiger partial charge is 0.408 e. The van der Waals surface area contributed by atoms with E-state index in [1.165, 1.54) is 30.5 Å². The van der Waals surface area contributed by atoms with Gasteiger partial charge in [-0.25, -0.2) is 4.79 Å². The average Bonchev–Trinajstić information content (AvgIpc) is 2.87. The van der Waals surface area contributed by atoms with Gasteiger partial charge in [0, 0.05) is 39.8 Å². The zero-order chi connectivity index (χ0) is 25.8. The van der Waals surface area contributed by atoms with E-state index in [1.54, 1.807) is 24.3 Å². The molecule has 1 aliphatic rings. The highest BCUT2D eigenvalue weighted by molar-refractivity contribution is 6.31. The Morgan fingerprint density at radius 3 is 2.33 bits per heavy atom. The maximum Gasteiger partial charge on any atom is 0.408 e. The molecular weight excluding hydrogens is 509 g/mol. The van der Waals surface area contributed by atoms with Gasteiger partial charge in [0.2, 0.25) is 0 Å². The van der Waals surface area contributed by atoms with Gasteiger partial charge >= 0.3 is 6.09 Å². The van der Waals surface area contributed by atoms with Crippen LogP contribution >= 0.6 is 23.2 Å². The Labute approximate surface area is 215 Å². The first-order chi connectivity index (χ1) is 17.2. The molecule has 1 saturated heterocycles. The van der Waals surface area contributed by atoms with Crippen LogP contribution in [0.15, 0.2) is 54.7 Å². The largest absolute Gasteiger partial charge is 0.465 e. The van der Waals surface area contributed by atoms with Gasteiger partial charge in [0.05, 0.1) is 11.1 Å². The highest BCUT2D eigenvalue weighted by Crippen LogP contribution is 2.21. The summed E-state index contributed by atoms with van der Waals surface area (Å²) in [5, 5.41) is 14.2. The summed E-state index contributed by atoms with van der Waals surface area (Å²) in [6, 6.07) is 11.3. The van der Waals surface area contributed by atoms with Crippen LogP contribution in [0, 0.1) is 0 Å². The Morgan fingerprint density at radius 1 is 0.889 bits per heavy atom. The number of benzene rings is 2. The molecule has 0 aliphatic carbocycles. The van der Waals surface area contributed by atoms with Gasteiger partial charge in [0.15, 0.2) is 0 Å². The van der Waals surface area contributed by atoms with E-state index < -0.39 is 35.9 Å². The highest BCUT2D eigenvalue weighted by Gasteiger charge is 2.37. The minimum atomic E-state index is -1.32. The highest BCUT2D eigenvalue weighted by atomic mass is 35.5. The lowest BCUT2D eigenvalue weighted by Crippen LogP contribution is -2.59. The van der Waals surface area contributed by atoms with Gasteiger partial charge in [-0.05, 0) is 55.3 Å². The van der Waals surface area contributed by atoms with Crippen molar-refractivity contribution in [1.82, 2.24) is 26.1 Å². The third-order valence-electron chi connectivity index (χ3n) is 5.78. The van der Waals surface area contributed by atoms with Gasteiger partial charge in [0.1, 0.15) is 6.04 Å². The van der Waals surface area contributed by atoms with Gasteiger partial charge in [0.25, 0.3) is 17.7 Å². The average molecular weight is 530 g/mol. The number of carbonyl (C=O) groups is 4. The summed E-state index contributed by atoms with van der Waals surface area (Å²) in [7, 11) is 0. The topological polar surface area (TPSA) is 141 Å². The third-order valence-corrected chi connectivity index (χ3v) is 6.27. The predicted molar refractivity (Wildman–Crippen MR) is 133 cm³/mol. The van der Waals surface area contributed by atoms with E-state index in [4.69, 9.17) is 23.2 Å². The van der Waals surface area contributed by atoms with E-state index in [-0.39, 0.29) is 18.5 Å². The van der Waals surface area contributed by atoms with Crippen molar-refractivity contribution in [2.24, 2.45) is 0 Å². The Hall–Kier alpha value is -3.89. The molecular formula is C24H21Cl2N5O5. The summed E-state index contributed by atoms with van der Waals surface area (Å²) in [6.07, 6.45) is 0.608. The van der Waals surface area contributed by atoms with Crippen LogP contribution in [0.25, 0.3) is 10.9 Å². The van der Waals surface area contributed by atoms with Crippen LogP contribution in [0.4, 0.5) is 4.79 Å². The number of fused-ring (bicyclic) bond motifs is 1. The number of rotatable bonds is 4. The van der Waals surface area contributed by atoms with Crippen LogP contribution in [-0.2, 0) is 4.79 Å². The second kappa shape index (κ2) is 10.8. The first kappa shape index (κ1) is 25.2. The summed E-state index contributed by atoms with van der Waals surface area (Å²) in [6.45, 7) is -0.0963. The van der Waals surface area contributed by atoms with Crippen LogP contribution in [-0.4, -0.2) is 57.4 Å². The molecule has 0 unspecified atom stereocenters. The normalized spacial score (nSPS) is 17.3. The van der Waals surface area contributed by atoms with E-state index in [9.17, 15) is 24.3 Å². The zero-order valence-corrected chi connectivity index (χ0v) is 20.2. The second-order valence-electron chi connectivity index (χ2n) is 8.21. The van der Waals surface area contributed by atoms with E-state index in [2.05, 4.69) is 21.2 Å². The van der Waals surface area contributed by atoms with E-state index in [1.807, 2.05) is 0 Å². The number of aromatic nitrogens is 1. The molecule has 1 aromatic heterocycles. The number of halogens is 2. The van der Waals surface area contributed by atoms with Crippen molar-refractivity contribution in [3.8, 4) is 0 Å². The number of nitrogens with zero attached hydrogens (tertiary/aromatic N) is 2. The number of nitrogens with one attached hydrogen (secondary N) is 3. The molecule has 0 spiro atoms. The number of hydrazine groups is 1. The zero-order valence-electron chi connectivity index (χ0n) is 18.7. The van der Waals surface area contributed by atoms with Crippen LogP contribution in [0.5, 0.6) is 0 Å². The molecule has 0 bridgehead atoms. The van der Waals surface area contributed by atoms with E-state index in [0.717, 1.165) is 10.3 Å². The summed E-state index contributed by atoms with van der Waals surface area (Å²) >= 11 is 11.8. The van der Waals surface area contributed by atoms with Crippen molar-refractivity contribution in [3.63, 3.8) is 0 Å². The number of carboxylic acid groups (broad SMARTS) is 1. The molecule has 2 aromatic carbocycles. The van der Waals surface area contributed by atoms with Crippen molar-refractivity contribution < 1.29 is 24.3 Å². The fourth-order valence-electron chi connectivity index (χ4n) is 3.94. The molecule has 1 fully saturated rings. The maximum atomic E-state index is 12.8. The number of pyridine rings is 1. The summed E-state index contributed by atoms with van der Waals surface area (Å²) in [4.78, 5) is 54.7. The molecule has 36 heavy (non-hydrogen) atoms. The molecule has 2 atom stereocenters. The first-order valence-corrected chi connectivity index (χ1v) is 11.7. The van der Waals surface area contributed by atoms with Gasteiger partial charge in [-0.15, -0.1) is 0 Å². The van der Waals surface area contributed by atoms with Crippen molar-refractivity contribution in [3.05, 3.63) is 75.9 Å². The molecule has 186 valence electrons. The van der Waals surface area contributed by atoms with Crippen molar-refractivity contribution in [1.29, 1.82) is 0 Å². The fourth-order valence-corrected chi connectivity index (χ4v) is 4.23. The van der Waals surface area contributed by atoms with E-state index >= 15 is 0 Å². The van der Waals surface area contributed by atoms with Gasteiger partial charge in [-0.3, -0.25) is 35.1 Å². The number of hydrogen-bond acceptors (Lipinski definition) is 5. The van der Waals surface area contributed by atoms with Gasteiger partial charge < -0.3 is 10.4 Å². The molecule has 3 aromatic rings. The Bertz CT molecular complexity index is 1330. The first-order valence-electron chi connectivity index (χ1n) is 10.9. The van der Waals surface area contributed by atoms with Crippen LogP contribution in [0.2, 0.25) is 10.0 Å². The maximum absolute atomic E-state index is 12.8. The van der Waals surface area contributed by atoms with Crippen LogP contribution < -0.4 is 16.2 Å². The lowest BCUT2D eigenvalue weighted by Gasteiger charge is -2.37. The standard InChI is InChI=1S/C24H21Cl2N5O5/c25-16-4-1-13(2-5-16)22(33)29-30-23(34)20-8-7-18(12-31(20)24(35)36)28-21(32)15-9-14-3-6-17(26)10-19(14)27-11-15/h1-6,9-11,18,20H,7-8,12H2,(H,28,32)(H,29,33)(H,30,34)(H,35,36)/t18-,20+/m0/s1. The number of piperidine rings is 1. The molecule has 4 N–H and O–H groups in total. The van der Waals surface area contributed by atoms with Gasteiger partial charge in [-0.2, -0.15) is 0 Å². The Morgan fingerprint density at radius 2 is 1.61 bits per heavy atom. The van der Waals surface area contributed by atoms with Crippen molar-refractivity contribution in [2.45, 2.75) is 24.9 Å². The Kier molecular flexibility index (Phi) is 7.56. The molecule has 4 rings (SSSR count). The number of amides is 4. The number of likely N-dealkylation sites (tertiary alicyclic amines) is 1. The minimum absolute atomic E-state index is 0.0963. The number of hydrogen-bond donors (Lipinski definition) is 4. The second-order valence-corrected chi connectivity index (χ2v) is 9.08. The van der Waals surface area contributed by atoms with Crippen LogP contribution in [0.1, 0.15) is 33.6 Å². The molecule has 2 heterocycles. The van der Waals surface area contributed by atoms with Crippen molar-refractivity contribution in [2.75, 3.05) is 6.54 Å². The number of carbonyl (C=O) groups excluding carboxylic acids is 3. The van der Waals surface area contributed by atoms with Crippen LogP contribution in [0.3, 0.4) is 0 Å². The molecule has 0 radical (unpaired) electrons. The SMILES string of the molecule is O=C(NNC(=O)[C@H]1CC[C@H](NC(=O)c2cnc3cc(Cl)ccc3c2)CN1C(=O)O)c1ccc(Cl)cc1. The third kappa shape index (κ3) is 5.84. The minimum Gasteiger partial charge on any atom is -0.465 e. The van der Waals surface area contributed by atoms with Crippen molar-refractivity contribution >= 4 is 57.9 Å². The Balaban J connectivity index is 1.36. The molecule has 12 heteroatoms. The quantitative estimate of drug-likeness (QED) is 0.382. The molecule has 10 nitrogen and oxygen atoms in total. The lowest BCUT2D eigenvalue weighted by molar-refractivity contribution is -0.127. The monoisotopic (exact) mass is 529 g/mol.